The average Bonchev–Trinajstić information content (AvgIpc) is 2.69. The van der Waals surface area contributed by atoms with Crippen molar-refractivity contribution in [3.05, 3.63) is 30.3 Å². The number of fused-ring (bicyclic) bond motifs is 1. The highest BCUT2D eigenvalue weighted by atomic mass is 16.4. The molecule has 0 spiro atoms. The molecule has 1 aliphatic carbocycles. The molecule has 3 rings (SSSR count). The van der Waals surface area contributed by atoms with Gasteiger partial charge in [-0.1, -0.05) is 25.1 Å². The summed E-state index contributed by atoms with van der Waals surface area (Å²) >= 11 is 0. The molecule has 1 aromatic rings. The standard InChI is InChI=1S/C13H15NO2/c1-13-8-14(9-5-3-2-4-6-9)7-10(13)11(13)12(15)16/h2-6,10-11H,7-8H2,1H3,(H,15,16). The monoisotopic (exact) mass is 217 g/mol. The Kier molecular flexibility index (Phi) is 1.82. The molecule has 3 heteroatoms. The van der Waals surface area contributed by atoms with Crippen molar-refractivity contribution in [3.8, 4) is 0 Å². The predicted molar refractivity (Wildman–Crippen MR) is 61.4 cm³/mol. The molecule has 3 nitrogen and oxygen atoms in total. The summed E-state index contributed by atoms with van der Waals surface area (Å²) in [5.74, 6) is -0.405. The SMILES string of the molecule is CC12CN(c3ccccc3)CC1C2C(=O)O. The zero-order valence-electron chi connectivity index (χ0n) is 9.26. The van der Waals surface area contributed by atoms with Gasteiger partial charge in [-0.2, -0.15) is 0 Å². The zero-order valence-corrected chi connectivity index (χ0v) is 9.26. The summed E-state index contributed by atoms with van der Waals surface area (Å²) in [5, 5.41) is 9.06. The Morgan fingerprint density at radius 2 is 2.12 bits per heavy atom. The van der Waals surface area contributed by atoms with Crippen molar-refractivity contribution in [2.45, 2.75) is 6.92 Å². The third-order valence-electron chi connectivity index (χ3n) is 4.19. The quantitative estimate of drug-likeness (QED) is 0.821. The number of nitrogens with zero attached hydrogens (tertiary/aromatic N) is 1. The molecule has 2 aliphatic rings. The van der Waals surface area contributed by atoms with E-state index in [0.29, 0.717) is 5.92 Å². The van der Waals surface area contributed by atoms with Crippen LogP contribution in [0.25, 0.3) is 0 Å². The molecule has 1 heterocycles. The van der Waals surface area contributed by atoms with Gasteiger partial charge in [0.15, 0.2) is 0 Å². The Morgan fingerprint density at radius 3 is 2.62 bits per heavy atom. The van der Waals surface area contributed by atoms with E-state index < -0.39 is 5.97 Å². The number of hydrogen-bond donors (Lipinski definition) is 1. The van der Waals surface area contributed by atoms with Crippen LogP contribution < -0.4 is 4.90 Å². The second-order valence-corrected chi connectivity index (χ2v) is 5.14. The van der Waals surface area contributed by atoms with Crippen molar-refractivity contribution in [2.75, 3.05) is 18.0 Å². The molecule has 3 unspecified atom stereocenters. The molecule has 0 radical (unpaired) electrons. The molecule has 0 bridgehead atoms. The molecule has 1 aliphatic heterocycles. The van der Waals surface area contributed by atoms with Gasteiger partial charge in [0.05, 0.1) is 5.92 Å². The second kappa shape index (κ2) is 3.00. The lowest BCUT2D eigenvalue weighted by Crippen LogP contribution is -2.28. The third kappa shape index (κ3) is 1.17. The first-order valence-electron chi connectivity index (χ1n) is 5.66. The molecule has 0 amide bonds. The van der Waals surface area contributed by atoms with Gasteiger partial charge in [0.2, 0.25) is 0 Å². The van der Waals surface area contributed by atoms with Crippen LogP contribution in [0.3, 0.4) is 0 Å². The van der Waals surface area contributed by atoms with E-state index in [0.717, 1.165) is 13.1 Å². The minimum atomic E-state index is -0.625. The number of carbonyl (C=O) groups is 1. The lowest BCUT2D eigenvalue weighted by atomic mass is 10.1. The first-order valence-corrected chi connectivity index (χ1v) is 5.66. The number of aliphatic carboxylic acids is 1. The van der Waals surface area contributed by atoms with E-state index in [-0.39, 0.29) is 11.3 Å². The van der Waals surface area contributed by atoms with Crippen LogP contribution in [-0.2, 0) is 4.79 Å². The summed E-state index contributed by atoms with van der Waals surface area (Å²) in [5.41, 5.74) is 1.21. The fourth-order valence-corrected chi connectivity index (χ4v) is 3.19. The van der Waals surface area contributed by atoms with Crippen molar-refractivity contribution < 1.29 is 9.90 Å². The molecule has 2 fully saturated rings. The van der Waals surface area contributed by atoms with E-state index in [2.05, 4.69) is 24.0 Å². The van der Waals surface area contributed by atoms with E-state index >= 15 is 0 Å². The maximum Gasteiger partial charge on any atom is 0.307 e. The molecule has 1 aromatic carbocycles. The van der Waals surface area contributed by atoms with Gasteiger partial charge in [-0.25, -0.2) is 0 Å². The molecule has 1 saturated heterocycles. The fourth-order valence-electron chi connectivity index (χ4n) is 3.19. The third-order valence-corrected chi connectivity index (χ3v) is 4.19. The first-order chi connectivity index (χ1) is 7.63. The molecular formula is C13H15NO2. The van der Waals surface area contributed by atoms with Gasteiger partial charge < -0.3 is 10.0 Å². The lowest BCUT2D eigenvalue weighted by Gasteiger charge is -2.23. The molecular weight excluding hydrogens is 202 g/mol. The minimum absolute atomic E-state index is 0.00166. The summed E-state index contributed by atoms with van der Waals surface area (Å²) in [7, 11) is 0. The molecule has 1 N–H and O–H groups in total. The number of anilines is 1. The minimum Gasteiger partial charge on any atom is -0.481 e. The number of carboxylic acids is 1. The number of benzene rings is 1. The average molecular weight is 217 g/mol. The summed E-state index contributed by atoms with van der Waals surface area (Å²) in [6.45, 7) is 3.86. The topological polar surface area (TPSA) is 40.5 Å². The van der Waals surface area contributed by atoms with Crippen molar-refractivity contribution in [3.63, 3.8) is 0 Å². The van der Waals surface area contributed by atoms with Gasteiger partial charge in [0.1, 0.15) is 0 Å². The molecule has 16 heavy (non-hydrogen) atoms. The van der Waals surface area contributed by atoms with Crippen LogP contribution in [0.1, 0.15) is 6.92 Å². The van der Waals surface area contributed by atoms with E-state index in [4.69, 9.17) is 5.11 Å². The van der Waals surface area contributed by atoms with Crippen LogP contribution in [-0.4, -0.2) is 24.2 Å². The van der Waals surface area contributed by atoms with Crippen LogP contribution >= 0.6 is 0 Å². The number of para-hydroxylation sites is 1. The van der Waals surface area contributed by atoms with Gasteiger partial charge in [0.25, 0.3) is 0 Å². The number of carboxylic acid groups (broad SMARTS) is 1. The maximum absolute atomic E-state index is 11.0. The number of rotatable bonds is 2. The van der Waals surface area contributed by atoms with Gasteiger partial charge >= 0.3 is 5.97 Å². The fraction of sp³-hybridized carbons (Fsp3) is 0.462. The summed E-state index contributed by atoms with van der Waals surface area (Å²) in [6.07, 6.45) is 0. The van der Waals surface area contributed by atoms with E-state index in [1.165, 1.54) is 5.69 Å². The maximum atomic E-state index is 11.0. The highest BCUT2D eigenvalue weighted by Crippen LogP contribution is 2.63. The Morgan fingerprint density at radius 1 is 1.44 bits per heavy atom. The van der Waals surface area contributed by atoms with Crippen molar-refractivity contribution >= 4 is 11.7 Å². The lowest BCUT2D eigenvalue weighted by molar-refractivity contribution is -0.139. The van der Waals surface area contributed by atoms with Gasteiger partial charge in [0, 0.05) is 24.2 Å². The predicted octanol–water partition coefficient (Wildman–Crippen LogP) is 1.84. The highest BCUT2D eigenvalue weighted by molar-refractivity contribution is 5.77. The summed E-state index contributed by atoms with van der Waals surface area (Å²) in [4.78, 5) is 13.3. The van der Waals surface area contributed by atoms with Gasteiger partial charge in [-0.15, -0.1) is 0 Å². The Hall–Kier alpha value is -1.51. The Labute approximate surface area is 94.7 Å². The molecule has 3 atom stereocenters. The largest absolute Gasteiger partial charge is 0.481 e. The second-order valence-electron chi connectivity index (χ2n) is 5.14. The van der Waals surface area contributed by atoms with Gasteiger partial charge in [-0.05, 0) is 18.1 Å². The number of hydrogen-bond acceptors (Lipinski definition) is 2. The van der Waals surface area contributed by atoms with Gasteiger partial charge in [-0.3, -0.25) is 4.79 Å². The van der Waals surface area contributed by atoms with Crippen LogP contribution in [0.4, 0.5) is 5.69 Å². The Balaban J connectivity index is 1.77. The normalized spacial score (nSPS) is 35.9. The van der Waals surface area contributed by atoms with E-state index in [1.54, 1.807) is 0 Å². The van der Waals surface area contributed by atoms with E-state index in [1.807, 2.05) is 18.2 Å². The van der Waals surface area contributed by atoms with Crippen LogP contribution in [0.15, 0.2) is 30.3 Å². The molecule has 1 saturated carbocycles. The Bertz CT molecular complexity index is 431. The van der Waals surface area contributed by atoms with Crippen LogP contribution in [0.2, 0.25) is 0 Å². The van der Waals surface area contributed by atoms with Crippen molar-refractivity contribution in [1.82, 2.24) is 0 Å². The summed E-state index contributed by atoms with van der Waals surface area (Å²) in [6, 6.07) is 10.2. The number of piperidine rings is 1. The van der Waals surface area contributed by atoms with Crippen LogP contribution in [0, 0.1) is 17.3 Å². The van der Waals surface area contributed by atoms with Crippen LogP contribution in [0.5, 0.6) is 0 Å². The summed E-state index contributed by atoms with van der Waals surface area (Å²) < 4.78 is 0. The molecule has 0 aromatic heterocycles. The van der Waals surface area contributed by atoms with Crippen molar-refractivity contribution in [2.24, 2.45) is 17.3 Å². The first kappa shape index (κ1) is 9.70. The zero-order chi connectivity index (χ0) is 11.3. The highest BCUT2D eigenvalue weighted by Gasteiger charge is 2.69. The smallest absolute Gasteiger partial charge is 0.307 e. The molecule has 84 valence electrons. The van der Waals surface area contributed by atoms with Crippen molar-refractivity contribution in [1.29, 1.82) is 0 Å². The van der Waals surface area contributed by atoms with E-state index in [9.17, 15) is 4.79 Å².